The smallest absolute Gasteiger partial charge is 0.167 e. The Bertz CT molecular complexity index is 1210. The molecule has 0 heterocycles. The van der Waals surface area contributed by atoms with Crippen LogP contribution in [0.25, 0.3) is 21.5 Å². The van der Waals surface area contributed by atoms with E-state index in [1.165, 1.54) is 0 Å². The third kappa shape index (κ3) is 3.51. The number of hydrogen-bond acceptors (Lipinski definition) is 0. The Hall–Kier alpha value is -2.45. The van der Waals surface area contributed by atoms with E-state index < -0.39 is 11.6 Å². The van der Waals surface area contributed by atoms with E-state index in [1.807, 2.05) is 75.4 Å². The highest BCUT2D eigenvalue weighted by atomic mass is 35.5. The summed E-state index contributed by atoms with van der Waals surface area (Å²) in [4.78, 5) is 0. The van der Waals surface area contributed by atoms with Gasteiger partial charge in [-0.15, -0.1) is 0 Å². The van der Waals surface area contributed by atoms with Crippen LogP contribution in [0.4, 0.5) is 8.78 Å². The van der Waals surface area contributed by atoms with Gasteiger partial charge in [-0.05, 0) is 57.9 Å². The average Bonchev–Trinajstić information content (AvgIpc) is 2.71. The van der Waals surface area contributed by atoms with E-state index in [0.717, 1.165) is 27.3 Å². The van der Waals surface area contributed by atoms with Gasteiger partial charge in [0, 0.05) is 15.8 Å². The quantitative estimate of drug-likeness (QED) is 0.318. The summed E-state index contributed by atoms with van der Waals surface area (Å²) in [6.07, 6.45) is 0.398. The Balaban J connectivity index is 1.80. The molecule has 0 aliphatic rings. The first-order chi connectivity index (χ1) is 13.9. The fraction of sp³-hybridized carbons (Fsp3) is 0.231. The summed E-state index contributed by atoms with van der Waals surface area (Å²) < 4.78 is 30.1. The van der Waals surface area contributed by atoms with Crippen molar-refractivity contribution in [2.75, 3.05) is 0 Å². The van der Waals surface area contributed by atoms with Crippen molar-refractivity contribution in [2.24, 2.45) is 0 Å². The van der Waals surface area contributed by atoms with E-state index >= 15 is 8.78 Å². The molecule has 0 amide bonds. The van der Waals surface area contributed by atoms with Crippen LogP contribution in [0, 0.1) is 11.6 Å². The van der Waals surface area contributed by atoms with Gasteiger partial charge in [0.1, 0.15) is 0 Å². The topological polar surface area (TPSA) is 0 Å². The van der Waals surface area contributed by atoms with E-state index in [4.69, 9.17) is 11.6 Å². The van der Waals surface area contributed by atoms with Crippen molar-refractivity contribution in [3.8, 4) is 0 Å². The minimum atomic E-state index is -0.746. The molecule has 29 heavy (non-hydrogen) atoms. The van der Waals surface area contributed by atoms with Crippen molar-refractivity contribution in [1.82, 2.24) is 0 Å². The molecule has 0 bridgehead atoms. The Morgan fingerprint density at radius 1 is 0.759 bits per heavy atom. The Morgan fingerprint density at radius 3 is 2.07 bits per heavy atom. The lowest BCUT2D eigenvalue weighted by molar-refractivity contribution is 0.502. The molecule has 1 unspecified atom stereocenters. The molecule has 0 spiro atoms. The van der Waals surface area contributed by atoms with E-state index in [1.54, 1.807) is 6.07 Å². The first-order valence-electron chi connectivity index (χ1n) is 9.95. The summed E-state index contributed by atoms with van der Waals surface area (Å²) in [6.45, 7) is 6.02. The van der Waals surface area contributed by atoms with Crippen molar-refractivity contribution < 1.29 is 8.78 Å². The zero-order valence-electron chi connectivity index (χ0n) is 16.8. The van der Waals surface area contributed by atoms with Crippen LogP contribution in [-0.2, 0) is 6.42 Å². The Labute approximate surface area is 175 Å². The molecule has 0 aliphatic heterocycles. The van der Waals surface area contributed by atoms with E-state index in [2.05, 4.69) is 0 Å². The summed E-state index contributed by atoms with van der Waals surface area (Å²) in [5.74, 6) is -1.39. The zero-order valence-corrected chi connectivity index (χ0v) is 17.5. The second-order valence-electron chi connectivity index (χ2n) is 8.05. The number of rotatable bonds is 4. The summed E-state index contributed by atoms with van der Waals surface area (Å²) in [5, 5.41) is 3.84. The molecule has 0 N–H and O–H groups in total. The van der Waals surface area contributed by atoms with E-state index in [-0.39, 0.29) is 11.8 Å². The molecule has 4 aromatic rings. The summed E-state index contributed by atoms with van der Waals surface area (Å²) in [5.41, 5.74) is 2.27. The van der Waals surface area contributed by atoms with Gasteiger partial charge in [-0.2, -0.15) is 0 Å². The van der Waals surface area contributed by atoms with Gasteiger partial charge in [-0.25, -0.2) is 8.78 Å². The molecule has 148 valence electrons. The fourth-order valence-corrected chi connectivity index (χ4v) is 4.56. The Morgan fingerprint density at radius 2 is 1.38 bits per heavy atom. The molecular weight excluding hydrogens is 386 g/mol. The minimum absolute atomic E-state index is 0.0155. The predicted octanol–water partition coefficient (Wildman–Crippen LogP) is 8.39. The number of benzene rings is 4. The number of fused-ring (bicyclic) bond motifs is 2. The molecule has 0 nitrogen and oxygen atoms in total. The first-order valence-corrected chi connectivity index (χ1v) is 10.3. The zero-order chi connectivity index (χ0) is 20.7. The summed E-state index contributed by atoms with van der Waals surface area (Å²) in [6, 6.07) is 19.2. The normalized spacial score (nSPS) is 12.8. The molecule has 0 aromatic heterocycles. The molecule has 3 heteroatoms. The highest BCUT2D eigenvalue weighted by Crippen LogP contribution is 2.36. The van der Waals surface area contributed by atoms with Gasteiger partial charge in [-0.3, -0.25) is 0 Å². The fourth-order valence-electron chi connectivity index (χ4n) is 4.27. The predicted molar refractivity (Wildman–Crippen MR) is 119 cm³/mol. The molecule has 0 saturated heterocycles. The van der Waals surface area contributed by atoms with E-state index in [0.29, 0.717) is 22.4 Å². The van der Waals surface area contributed by atoms with Crippen LogP contribution >= 0.6 is 11.6 Å². The lowest BCUT2D eigenvalue weighted by Gasteiger charge is -2.18. The highest BCUT2D eigenvalue weighted by Gasteiger charge is 2.20. The summed E-state index contributed by atoms with van der Waals surface area (Å²) in [7, 11) is 0. The van der Waals surface area contributed by atoms with Crippen molar-refractivity contribution >= 4 is 33.1 Å². The van der Waals surface area contributed by atoms with Crippen LogP contribution in [0.2, 0.25) is 5.02 Å². The maximum atomic E-state index is 15.1. The van der Waals surface area contributed by atoms with Gasteiger partial charge < -0.3 is 0 Å². The SMILES string of the molecule is CC(C)c1cccc2cc(CC(C)c3cccc4cccc(Cl)c34)c(F)c(F)c12. The number of halogens is 3. The third-order valence-corrected chi connectivity index (χ3v) is 6.03. The van der Waals surface area contributed by atoms with Gasteiger partial charge in [0.15, 0.2) is 11.6 Å². The number of hydrogen-bond donors (Lipinski definition) is 0. The lowest BCUT2D eigenvalue weighted by atomic mass is 9.88. The summed E-state index contributed by atoms with van der Waals surface area (Å²) >= 11 is 6.46. The van der Waals surface area contributed by atoms with Crippen molar-refractivity contribution in [3.63, 3.8) is 0 Å². The van der Waals surface area contributed by atoms with Gasteiger partial charge in [-0.1, -0.05) is 80.9 Å². The molecule has 4 rings (SSSR count). The third-order valence-electron chi connectivity index (χ3n) is 5.72. The average molecular weight is 409 g/mol. The largest absolute Gasteiger partial charge is 0.203 e. The van der Waals surface area contributed by atoms with Crippen molar-refractivity contribution in [3.05, 3.63) is 94.0 Å². The van der Waals surface area contributed by atoms with Crippen LogP contribution in [-0.4, -0.2) is 0 Å². The van der Waals surface area contributed by atoms with Crippen LogP contribution in [0.3, 0.4) is 0 Å². The molecule has 0 saturated carbocycles. The first kappa shape index (κ1) is 19.8. The van der Waals surface area contributed by atoms with Gasteiger partial charge in [0.25, 0.3) is 0 Å². The van der Waals surface area contributed by atoms with Crippen molar-refractivity contribution in [2.45, 2.75) is 39.0 Å². The maximum absolute atomic E-state index is 15.1. The van der Waals surface area contributed by atoms with Gasteiger partial charge in [0.05, 0.1) is 0 Å². The highest BCUT2D eigenvalue weighted by molar-refractivity contribution is 6.35. The maximum Gasteiger partial charge on any atom is 0.167 e. The molecular formula is C26H23ClF2. The van der Waals surface area contributed by atoms with Gasteiger partial charge in [0.2, 0.25) is 0 Å². The molecule has 0 fully saturated rings. The second-order valence-corrected chi connectivity index (χ2v) is 8.46. The van der Waals surface area contributed by atoms with Crippen LogP contribution in [0.5, 0.6) is 0 Å². The minimum Gasteiger partial charge on any atom is -0.203 e. The molecule has 1 atom stereocenters. The molecule has 0 aliphatic carbocycles. The monoisotopic (exact) mass is 408 g/mol. The van der Waals surface area contributed by atoms with Gasteiger partial charge >= 0.3 is 0 Å². The van der Waals surface area contributed by atoms with Crippen LogP contribution in [0.15, 0.2) is 60.7 Å². The van der Waals surface area contributed by atoms with Crippen molar-refractivity contribution in [1.29, 1.82) is 0 Å². The lowest BCUT2D eigenvalue weighted by Crippen LogP contribution is -2.05. The van der Waals surface area contributed by atoms with Crippen LogP contribution in [0.1, 0.15) is 49.3 Å². The standard InChI is InChI=1S/C26H23ClF2/c1-15(2)20-10-5-9-18-14-19(25(28)26(29)24(18)20)13-16(3)21-11-4-7-17-8-6-12-22(27)23(17)21/h4-12,14-16H,13H2,1-3H3. The second kappa shape index (κ2) is 7.76. The molecule has 4 aromatic carbocycles. The molecule has 0 radical (unpaired) electrons. The van der Waals surface area contributed by atoms with Crippen LogP contribution < -0.4 is 0 Å². The Kier molecular flexibility index (Phi) is 5.31. The van der Waals surface area contributed by atoms with E-state index in [9.17, 15) is 0 Å².